The zero-order chi connectivity index (χ0) is 16.2. The number of sulfonamides is 1. The summed E-state index contributed by atoms with van der Waals surface area (Å²) < 4.78 is 23.3. The van der Waals surface area contributed by atoms with Gasteiger partial charge in [0.1, 0.15) is 4.90 Å². The van der Waals surface area contributed by atoms with Crippen LogP contribution in [0, 0.1) is 10.1 Å². The third kappa shape index (κ3) is 4.41. The predicted molar refractivity (Wildman–Crippen MR) is 84.2 cm³/mol. The standard InChI is InChI=1S/C14H21N3O4S/c15-22(20,21)14-9-8-12(17(18)19)10-13(14)16-11-6-4-2-1-3-5-7-11/h8-11,16H,1-7H2,(H2,15,20,21). The van der Waals surface area contributed by atoms with Crippen molar-refractivity contribution in [1.82, 2.24) is 0 Å². The van der Waals surface area contributed by atoms with E-state index >= 15 is 0 Å². The molecule has 0 unspecified atom stereocenters. The first-order valence-corrected chi connectivity index (χ1v) is 9.00. The zero-order valence-electron chi connectivity index (χ0n) is 12.3. The highest BCUT2D eigenvalue weighted by molar-refractivity contribution is 7.89. The van der Waals surface area contributed by atoms with E-state index in [0.717, 1.165) is 44.6 Å². The minimum atomic E-state index is -3.93. The van der Waals surface area contributed by atoms with Crippen molar-refractivity contribution in [3.63, 3.8) is 0 Å². The summed E-state index contributed by atoms with van der Waals surface area (Å²) in [5.41, 5.74) is 0.0722. The van der Waals surface area contributed by atoms with Crippen LogP contribution in [-0.4, -0.2) is 19.4 Å². The Morgan fingerprint density at radius 3 is 2.27 bits per heavy atom. The molecule has 0 saturated heterocycles. The summed E-state index contributed by atoms with van der Waals surface area (Å²) >= 11 is 0. The molecule has 0 radical (unpaired) electrons. The third-order valence-electron chi connectivity index (χ3n) is 3.95. The van der Waals surface area contributed by atoms with Crippen LogP contribution in [0.4, 0.5) is 11.4 Å². The van der Waals surface area contributed by atoms with Crippen molar-refractivity contribution in [3.8, 4) is 0 Å². The van der Waals surface area contributed by atoms with Crippen molar-refractivity contribution in [2.75, 3.05) is 5.32 Å². The van der Waals surface area contributed by atoms with E-state index in [2.05, 4.69) is 5.32 Å². The molecule has 0 heterocycles. The number of nitrogens with two attached hydrogens (primary N) is 1. The number of nitrogens with one attached hydrogen (secondary N) is 1. The molecule has 1 aromatic rings. The fraction of sp³-hybridized carbons (Fsp3) is 0.571. The first-order chi connectivity index (χ1) is 10.4. The third-order valence-corrected chi connectivity index (χ3v) is 4.91. The van der Waals surface area contributed by atoms with E-state index in [1.165, 1.54) is 18.6 Å². The molecule has 1 aromatic carbocycles. The lowest BCUT2D eigenvalue weighted by molar-refractivity contribution is -0.384. The average molecular weight is 327 g/mol. The predicted octanol–water partition coefficient (Wildman–Crippen LogP) is 2.77. The lowest BCUT2D eigenvalue weighted by Crippen LogP contribution is -2.23. The number of rotatable bonds is 4. The fourth-order valence-corrected chi connectivity index (χ4v) is 3.49. The number of anilines is 1. The van der Waals surface area contributed by atoms with Gasteiger partial charge in [0, 0.05) is 18.2 Å². The lowest BCUT2D eigenvalue weighted by atomic mass is 9.96. The van der Waals surface area contributed by atoms with Gasteiger partial charge < -0.3 is 5.32 Å². The number of primary sulfonamides is 1. The molecule has 122 valence electrons. The number of non-ortho nitro benzene ring substituents is 1. The monoisotopic (exact) mass is 327 g/mol. The molecule has 0 amide bonds. The second-order valence-electron chi connectivity index (χ2n) is 5.67. The highest BCUT2D eigenvalue weighted by Crippen LogP contribution is 2.28. The number of benzene rings is 1. The topological polar surface area (TPSA) is 115 Å². The van der Waals surface area contributed by atoms with Crippen LogP contribution < -0.4 is 10.5 Å². The summed E-state index contributed by atoms with van der Waals surface area (Å²) in [6.45, 7) is 0. The molecular weight excluding hydrogens is 306 g/mol. The van der Waals surface area contributed by atoms with Gasteiger partial charge in [0.2, 0.25) is 10.0 Å². The summed E-state index contributed by atoms with van der Waals surface area (Å²) in [5.74, 6) is 0. The lowest BCUT2D eigenvalue weighted by Gasteiger charge is -2.23. The van der Waals surface area contributed by atoms with E-state index in [0.29, 0.717) is 0 Å². The van der Waals surface area contributed by atoms with Crippen molar-refractivity contribution in [1.29, 1.82) is 0 Å². The van der Waals surface area contributed by atoms with Gasteiger partial charge in [-0.25, -0.2) is 13.6 Å². The molecule has 2 rings (SSSR count). The molecule has 22 heavy (non-hydrogen) atoms. The SMILES string of the molecule is NS(=O)(=O)c1ccc([N+](=O)[O-])cc1NC1CCCCCCC1. The van der Waals surface area contributed by atoms with Crippen molar-refractivity contribution in [2.45, 2.75) is 55.9 Å². The number of nitrogens with zero attached hydrogens (tertiary/aromatic N) is 1. The molecule has 3 N–H and O–H groups in total. The normalized spacial score (nSPS) is 17.5. The Kier molecular flexibility index (Phi) is 5.36. The number of hydrogen-bond acceptors (Lipinski definition) is 5. The molecule has 1 fully saturated rings. The highest BCUT2D eigenvalue weighted by Gasteiger charge is 2.20. The minimum absolute atomic E-state index is 0.0971. The van der Waals surface area contributed by atoms with Gasteiger partial charge in [-0.15, -0.1) is 0 Å². The Morgan fingerprint density at radius 1 is 1.14 bits per heavy atom. The van der Waals surface area contributed by atoms with Gasteiger partial charge in [-0.2, -0.15) is 0 Å². The maximum absolute atomic E-state index is 11.7. The zero-order valence-corrected chi connectivity index (χ0v) is 13.1. The van der Waals surface area contributed by atoms with Crippen LogP contribution in [-0.2, 0) is 10.0 Å². The van der Waals surface area contributed by atoms with Crippen molar-refractivity contribution in [3.05, 3.63) is 28.3 Å². The fourth-order valence-electron chi connectivity index (χ4n) is 2.81. The Bertz CT molecular complexity index is 637. The summed E-state index contributed by atoms with van der Waals surface area (Å²) in [6.07, 6.45) is 7.53. The summed E-state index contributed by atoms with van der Waals surface area (Å²) in [5, 5.41) is 19.3. The number of nitro benzene ring substituents is 1. The maximum Gasteiger partial charge on any atom is 0.271 e. The van der Waals surface area contributed by atoms with Gasteiger partial charge in [0.25, 0.3) is 5.69 Å². The highest BCUT2D eigenvalue weighted by atomic mass is 32.2. The quantitative estimate of drug-likeness (QED) is 0.651. The average Bonchev–Trinajstić information content (AvgIpc) is 2.40. The second kappa shape index (κ2) is 7.06. The van der Waals surface area contributed by atoms with Gasteiger partial charge >= 0.3 is 0 Å². The van der Waals surface area contributed by atoms with Gasteiger partial charge in [0.15, 0.2) is 0 Å². The van der Waals surface area contributed by atoms with Crippen LogP contribution >= 0.6 is 0 Å². The molecule has 0 atom stereocenters. The van der Waals surface area contributed by atoms with E-state index < -0.39 is 14.9 Å². The summed E-state index contributed by atoms with van der Waals surface area (Å²) in [4.78, 5) is 10.3. The maximum atomic E-state index is 11.7. The van der Waals surface area contributed by atoms with Crippen LogP contribution in [0.25, 0.3) is 0 Å². The van der Waals surface area contributed by atoms with Crippen LogP contribution in [0.5, 0.6) is 0 Å². The Hall–Kier alpha value is -1.67. The molecule has 1 saturated carbocycles. The molecule has 8 heteroatoms. The van der Waals surface area contributed by atoms with E-state index in [-0.39, 0.29) is 22.3 Å². The van der Waals surface area contributed by atoms with E-state index in [1.807, 2.05) is 0 Å². The first kappa shape index (κ1) is 16.7. The molecule has 1 aliphatic rings. The molecule has 7 nitrogen and oxygen atoms in total. The second-order valence-corrected chi connectivity index (χ2v) is 7.20. The van der Waals surface area contributed by atoms with E-state index in [4.69, 9.17) is 5.14 Å². The summed E-state index contributed by atoms with van der Waals surface area (Å²) in [6, 6.07) is 3.71. The van der Waals surface area contributed by atoms with Crippen molar-refractivity contribution in [2.24, 2.45) is 5.14 Å². The van der Waals surface area contributed by atoms with Crippen molar-refractivity contribution >= 4 is 21.4 Å². The molecule has 0 aromatic heterocycles. The number of nitro groups is 1. The van der Waals surface area contributed by atoms with Gasteiger partial charge in [-0.05, 0) is 18.9 Å². The molecule has 0 spiro atoms. The van der Waals surface area contributed by atoms with Crippen LogP contribution in [0.15, 0.2) is 23.1 Å². The Balaban J connectivity index is 2.29. The van der Waals surface area contributed by atoms with Crippen LogP contribution in [0.3, 0.4) is 0 Å². The van der Waals surface area contributed by atoms with Gasteiger partial charge in [-0.1, -0.05) is 32.1 Å². The molecule has 0 bridgehead atoms. The minimum Gasteiger partial charge on any atom is -0.381 e. The first-order valence-electron chi connectivity index (χ1n) is 7.46. The summed E-state index contributed by atoms with van der Waals surface area (Å²) in [7, 11) is -3.93. The van der Waals surface area contributed by atoms with Crippen LogP contribution in [0.2, 0.25) is 0 Å². The Morgan fingerprint density at radius 2 is 1.73 bits per heavy atom. The molecule has 1 aliphatic carbocycles. The Labute approximate surface area is 130 Å². The van der Waals surface area contributed by atoms with Gasteiger partial charge in [0.05, 0.1) is 10.6 Å². The van der Waals surface area contributed by atoms with E-state index in [1.54, 1.807) is 0 Å². The molecular formula is C14H21N3O4S. The largest absolute Gasteiger partial charge is 0.381 e. The smallest absolute Gasteiger partial charge is 0.271 e. The number of hydrogen-bond donors (Lipinski definition) is 2. The van der Waals surface area contributed by atoms with Crippen LogP contribution in [0.1, 0.15) is 44.9 Å². The van der Waals surface area contributed by atoms with Gasteiger partial charge in [-0.3, -0.25) is 10.1 Å². The molecule has 0 aliphatic heterocycles. The van der Waals surface area contributed by atoms with E-state index in [9.17, 15) is 18.5 Å². The van der Waals surface area contributed by atoms with Crippen molar-refractivity contribution < 1.29 is 13.3 Å².